The van der Waals surface area contributed by atoms with Crippen LogP contribution in [-0.4, -0.2) is 11.9 Å². The van der Waals surface area contributed by atoms with E-state index in [1.165, 1.54) is 6.07 Å². The molecule has 0 radical (unpaired) electrons. The van der Waals surface area contributed by atoms with E-state index >= 15 is 0 Å². The van der Waals surface area contributed by atoms with E-state index in [0.29, 0.717) is 21.3 Å². The van der Waals surface area contributed by atoms with Gasteiger partial charge in [-0.1, -0.05) is 35.3 Å². The molecule has 4 N–H and O–H groups in total. The number of carbonyl (C=O) groups is 2. The summed E-state index contributed by atoms with van der Waals surface area (Å²) in [5.41, 5.74) is 6.81. The highest BCUT2D eigenvalue weighted by molar-refractivity contribution is 6.35. The van der Waals surface area contributed by atoms with Crippen LogP contribution in [0, 0.1) is 0 Å². The van der Waals surface area contributed by atoms with Gasteiger partial charge >= 0.3 is 6.03 Å². The molecule has 0 aliphatic rings. The number of hydrogen-bond donors (Lipinski definition) is 3. The molecule has 7 heteroatoms. The lowest BCUT2D eigenvalue weighted by molar-refractivity contribution is 0.0940. The highest BCUT2D eigenvalue weighted by Gasteiger charge is 2.14. The standard InChI is InChI=1S/C16H15Cl2N3O2/c1-9(10-2-5-12(6-3-10)21-16(19)23)20-15(22)13-8-11(17)4-7-14(13)18/h2-9H,1H3,(H,20,22)(H3,19,21,23). The maximum absolute atomic E-state index is 12.3. The summed E-state index contributed by atoms with van der Waals surface area (Å²) in [4.78, 5) is 23.1. The average Bonchev–Trinajstić information content (AvgIpc) is 2.49. The van der Waals surface area contributed by atoms with E-state index in [-0.39, 0.29) is 11.9 Å². The first-order chi connectivity index (χ1) is 10.9. The molecule has 2 aromatic carbocycles. The molecule has 3 amide bonds. The molecule has 0 aliphatic carbocycles. The molecule has 0 saturated heterocycles. The monoisotopic (exact) mass is 351 g/mol. The molecule has 5 nitrogen and oxygen atoms in total. The van der Waals surface area contributed by atoms with Crippen LogP contribution >= 0.6 is 23.2 Å². The Morgan fingerprint density at radius 1 is 1.09 bits per heavy atom. The van der Waals surface area contributed by atoms with Gasteiger partial charge < -0.3 is 16.4 Å². The van der Waals surface area contributed by atoms with E-state index in [0.717, 1.165) is 5.56 Å². The highest BCUT2D eigenvalue weighted by Crippen LogP contribution is 2.22. The zero-order chi connectivity index (χ0) is 17.0. The number of amides is 3. The SMILES string of the molecule is CC(NC(=O)c1cc(Cl)ccc1Cl)c1ccc(NC(N)=O)cc1. The Hall–Kier alpha value is -2.24. The molecule has 0 fully saturated rings. The van der Waals surface area contributed by atoms with Crippen molar-refractivity contribution in [3.63, 3.8) is 0 Å². The summed E-state index contributed by atoms with van der Waals surface area (Å²) in [5.74, 6) is -0.315. The second-order valence-corrected chi connectivity index (χ2v) is 5.77. The first kappa shape index (κ1) is 17.1. The Morgan fingerprint density at radius 3 is 2.35 bits per heavy atom. The van der Waals surface area contributed by atoms with E-state index in [4.69, 9.17) is 28.9 Å². The number of halogens is 2. The summed E-state index contributed by atoms with van der Waals surface area (Å²) < 4.78 is 0. The molecule has 1 unspecified atom stereocenters. The van der Waals surface area contributed by atoms with Gasteiger partial charge in [0.2, 0.25) is 0 Å². The second-order valence-electron chi connectivity index (χ2n) is 4.93. The Labute approximate surface area is 143 Å². The largest absolute Gasteiger partial charge is 0.351 e. The minimum Gasteiger partial charge on any atom is -0.351 e. The van der Waals surface area contributed by atoms with Crippen molar-refractivity contribution >= 4 is 40.8 Å². The van der Waals surface area contributed by atoms with Gasteiger partial charge in [-0.15, -0.1) is 0 Å². The summed E-state index contributed by atoms with van der Waals surface area (Å²) in [7, 11) is 0. The van der Waals surface area contributed by atoms with Gasteiger partial charge in [0, 0.05) is 10.7 Å². The van der Waals surface area contributed by atoms with Gasteiger partial charge in [0.1, 0.15) is 0 Å². The fraction of sp³-hybridized carbons (Fsp3) is 0.125. The summed E-state index contributed by atoms with van der Waals surface area (Å²) in [6.45, 7) is 1.84. The number of hydrogen-bond acceptors (Lipinski definition) is 2. The molecule has 120 valence electrons. The summed E-state index contributed by atoms with van der Waals surface area (Å²) in [6.07, 6.45) is 0. The van der Waals surface area contributed by atoms with Crippen LogP contribution in [0.1, 0.15) is 28.9 Å². The lowest BCUT2D eigenvalue weighted by Crippen LogP contribution is -2.27. The predicted octanol–water partition coefficient (Wildman–Crippen LogP) is 3.98. The summed E-state index contributed by atoms with van der Waals surface area (Å²) >= 11 is 11.9. The topological polar surface area (TPSA) is 84.2 Å². The number of urea groups is 1. The lowest BCUT2D eigenvalue weighted by Gasteiger charge is -2.15. The molecule has 0 bridgehead atoms. The molecule has 0 aromatic heterocycles. The number of anilines is 1. The zero-order valence-corrected chi connectivity index (χ0v) is 13.8. The van der Waals surface area contributed by atoms with Gasteiger partial charge in [-0.05, 0) is 42.8 Å². The van der Waals surface area contributed by atoms with E-state index < -0.39 is 6.03 Å². The molecule has 0 aliphatic heterocycles. The third-order valence-electron chi connectivity index (χ3n) is 3.20. The van der Waals surface area contributed by atoms with Crippen LogP contribution in [0.15, 0.2) is 42.5 Å². The van der Waals surface area contributed by atoms with Crippen molar-refractivity contribution in [3.8, 4) is 0 Å². The molecule has 23 heavy (non-hydrogen) atoms. The first-order valence-electron chi connectivity index (χ1n) is 6.79. The van der Waals surface area contributed by atoms with Crippen molar-refractivity contribution in [1.82, 2.24) is 5.32 Å². The Kier molecular flexibility index (Phi) is 5.47. The van der Waals surface area contributed by atoms with Crippen LogP contribution in [0.25, 0.3) is 0 Å². The number of primary amides is 1. The van der Waals surface area contributed by atoms with Crippen molar-refractivity contribution < 1.29 is 9.59 Å². The lowest BCUT2D eigenvalue weighted by atomic mass is 10.1. The summed E-state index contributed by atoms with van der Waals surface area (Å²) in [6, 6.07) is 10.8. The normalized spacial score (nSPS) is 11.6. The Morgan fingerprint density at radius 2 is 1.74 bits per heavy atom. The van der Waals surface area contributed by atoms with Gasteiger partial charge in [0.15, 0.2) is 0 Å². The minimum absolute atomic E-state index is 0.250. The Balaban J connectivity index is 2.09. The third kappa shape index (κ3) is 4.61. The molecule has 2 aromatic rings. The van der Waals surface area contributed by atoms with Crippen LogP contribution in [0.5, 0.6) is 0 Å². The fourth-order valence-electron chi connectivity index (χ4n) is 2.03. The van der Waals surface area contributed by atoms with E-state index in [1.807, 2.05) is 6.92 Å². The third-order valence-corrected chi connectivity index (χ3v) is 3.76. The van der Waals surface area contributed by atoms with Crippen LogP contribution < -0.4 is 16.4 Å². The fourth-order valence-corrected chi connectivity index (χ4v) is 2.40. The summed E-state index contributed by atoms with van der Waals surface area (Å²) in [5, 5.41) is 6.09. The predicted molar refractivity (Wildman–Crippen MR) is 92.0 cm³/mol. The van der Waals surface area contributed by atoms with E-state index in [2.05, 4.69) is 10.6 Å². The van der Waals surface area contributed by atoms with Gasteiger partial charge in [0.05, 0.1) is 16.6 Å². The van der Waals surface area contributed by atoms with Gasteiger partial charge in [-0.25, -0.2) is 4.79 Å². The maximum Gasteiger partial charge on any atom is 0.316 e. The van der Waals surface area contributed by atoms with Crippen LogP contribution in [-0.2, 0) is 0 Å². The number of carbonyl (C=O) groups excluding carboxylic acids is 2. The number of nitrogens with two attached hydrogens (primary N) is 1. The molecule has 0 saturated carbocycles. The van der Waals surface area contributed by atoms with Crippen molar-refractivity contribution in [2.24, 2.45) is 5.73 Å². The first-order valence-corrected chi connectivity index (χ1v) is 7.54. The maximum atomic E-state index is 12.3. The van der Waals surface area contributed by atoms with Crippen molar-refractivity contribution in [1.29, 1.82) is 0 Å². The van der Waals surface area contributed by atoms with Gasteiger partial charge in [0.25, 0.3) is 5.91 Å². The zero-order valence-electron chi connectivity index (χ0n) is 12.3. The van der Waals surface area contributed by atoms with E-state index in [9.17, 15) is 9.59 Å². The van der Waals surface area contributed by atoms with Crippen LogP contribution in [0.2, 0.25) is 10.0 Å². The second kappa shape index (κ2) is 7.35. The minimum atomic E-state index is -0.630. The number of rotatable bonds is 4. The number of nitrogens with one attached hydrogen (secondary N) is 2. The molecular weight excluding hydrogens is 337 g/mol. The molecule has 1 atom stereocenters. The van der Waals surface area contributed by atoms with Crippen LogP contribution in [0.3, 0.4) is 0 Å². The molecule has 0 heterocycles. The van der Waals surface area contributed by atoms with Crippen molar-refractivity contribution in [2.45, 2.75) is 13.0 Å². The molecule has 2 rings (SSSR count). The van der Waals surface area contributed by atoms with Crippen LogP contribution in [0.4, 0.5) is 10.5 Å². The van der Waals surface area contributed by atoms with Crippen molar-refractivity contribution in [2.75, 3.05) is 5.32 Å². The van der Waals surface area contributed by atoms with E-state index in [1.54, 1.807) is 36.4 Å². The van der Waals surface area contributed by atoms with Crippen molar-refractivity contribution in [3.05, 3.63) is 63.6 Å². The highest BCUT2D eigenvalue weighted by atomic mass is 35.5. The molecular formula is C16H15Cl2N3O2. The van der Waals surface area contributed by atoms with Gasteiger partial charge in [-0.3, -0.25) is 4.79 Å². The average molecular weight is 352 g/mol. The quantitative estimate of drug-likeness (QED) is 0.778. The number of benzene rings is 2. The molecule has 0 spiro atoms. The Bertz CT molecular complexity index is 733. The van der Waals surface area contributed by atoms with Gasteiger partial charge in [-0.2, -0.15) is 0 Å². The smallest absolute Gasteiger partial charge is 0.316 e.